The van der Waals surface area contributed by atoms with Crippen LogP contribution in [0.15, 0.2) is 24.3 Å². The third-order valence-corrected chi connectivity index (χ3v) is 3.15. The smallest absolute Gasteiger partial charge is 0.0266 e. The van der Waals surface area contributed by atoms with Crippen LogP contribution in [0.25, 0.3) is 0 Å². The van der Waals surface area contributed by atoms with Gasteiger partial charge in [-0.15, -0.1) is 0 Å². The Bertz CT molecular complexity index is 219. The van der Waals surface area contributed by atoms with Gasteiger partial charge in [-0.25, -0.2) is 0 Å². The first-order valence-corrected chi connectivity index (χ1v) is 8.00. The van der Waals surface area contributed by atoms with Crippen molar-refractivity contribution in [3.05, 3.63) is 24.3 Å². The molecule has 0 aromatic rings. The molecule has 0 radical (unpaired) electrons. The normalized spacial score (nSPS) is 16.4. The molecule has 0 aliphatic rings. The number of allylic oxidation sites excluding steroid dienone is 4. The molecule has 14 heavy (non-hydrogen) atoms. The molecule has 0 spiro atoms. The Labute approximate surface area is 91.4 Å². The van der Waals surface area contributed by atoms with Crippen LogP contribution in [-0.4, -0.2) is 32.4 Å². The third-order valence-electron chi connectivity index (χ3n) is 1.53. The lowest BCUT2D eigenvalue weighted by atomic mass is 10.3. The molecule has 2 nitrogen and oxygen atoms in total. The number of hydrogen-bond acceptors (Lipinski definition) is 2. The predicted molar refractivity (Wildman–Crippen MR) is 65.4 cm³/mol. The van der Waals surface area contributed by atoms with Gasteiger partial charge in [-0.05, 0) is 12.8 Å². The zero-order valence-electron chi connectivity index (χ0n) is 8.77. The molecule has 0 rings (SSSR count). The molecule has 4 heteroatoms. The van der Waals surface area contributed by atoms with Gasteiger partial charge in [-0.1, -0.05) is 24.3 Å². The molecule has 0 fully saturated rings. The average molecular weight is 234 g/mol. The second kappa shape index (κ2) is 9.34. The largest absolute Gasteiger partial charge is 0.260 e. The van der Waals surface area contributed by atoms with E-state index < -0.39 is 21.6 Å². The van der Waals surface area contributed by atoms with Crippen LogP contribution in [0.1, 0.15) is 12.8 Å². The Morgan fingerprint density at radius 2 is 1.21 bits per heavy atom. The number of hydrogen-bond donors (Lipinski definition) is 0. The summed E-state index contributed by atoms with van der Waals surface area (Å²) in [5, 5.41) is 0. The van der Waals surface area contributed by atoms with Crippen molar-refractivity contribution in [3.8, 4) is 0 Å². The minimum Gasteiger partial charge on any atom is -0.260 e. The van der Waals surface area contributed by atoms with E-state index in [2.05, 4.69) is 0 Å². The predicted octanol–water partition coefficient (Wildman–Crippen LogP) is 1.64. The van der Waals surface area contributed by atoms with Crippen LogP contribution >= 0.6 is 0 Å². The van der Waals surface area contributed by atoms with Gasteiger partial charge < -0.3 is 0 Å². The molecule has 0 aliphatic carbocycles. The van der Waals surface area contributed by atoms with Crippen molar-refractivity contribution in [1.29, 1.82) is 0 Å². The maximum atomic E-state index is 10.7. The Morgan fingerprint density at radius 3 is 1.50 bits per heavy atom. The molecular weight excluding hydrogens is 216 g/mol. The standard InChI is InChI=1S/C10H18O2S2/c1-13(11)9-7-5-3-4-6-8-10-14(2)12/h3-6H,7-10H2,1-2H3. The van der Waals surface area contributed by atoms with E-state index in [9.17, 15) is 8.42 Å². The molecule has 0 saturated heterocycles. The van der Waals surface area contributed by atoms with Crippen molar-refractivity contribution in [3.63, 3.8) is 0 Å². The van der Waals surface area contributed by atoms with Gasteiger partial charge in [0, 0.05) is 45.6 Å². The van der Waals surface area contributed by atoms with Crippen LogP contribution in [0.4, 0.5) is 0 Å². The van der Waals surface area contributed by atoms with E-state index in [1.54, 1.807) is 12.5 Å². The van der Waals surface area contributed by atoms with E-state index in [1.807, 2.05) is 24.3 Å². The fourth-order valence-electron chi connectivity index (χ4n) is 0.818. The van der Waals surface area contributed by atoms with Crippen LogP contribution in [-0.2, 0) is 21.6 Å². The zero-order chi connectivity index (χ0) is 10.8. The van der Waals surface area contributed by atoms with Crippen LogP contribution in [0, 0.1) is 0 Å². The molecule has 2 unspecified atom stereocenters. The van der Waals surface area contributed by atoms with Gasteiger partial charge in [0.05, 0.1) is 0 Å². The van der Waals surface area contributed by atoms with Crippen molar-refractivity contribution in [2.24, 2.45) is 0 Å². The van der Waals surface area contributed by atoms with Gasteiger partial charge in [0.2, 0.25) is 0 Å². The maximum Gasteiger partial charge on any atom is 0.0266 e. The third kappa shape index (κ3) is 11.8. The second-order valence-electron chi connectivity index (χ2n) is 2.99. The van der Waals surface area contributed by atoms with E-state index in [-0.39, 0.29) is 0 Å². The molecule has 0 aromatic carbocycles. The molecule has 0 heterocycles. The molecule has 82 valence electrons. The summed E-state index contributed by atoms with van der Waals surface area (Å²) >= 11 is 0. The molecule has 0 N–H and O–H groups in total. The minimum absolute atomic E-state index is 0.696. The first kappa shape index (κ1) is 13.8. The van der Waals surface area contributed by atoms with Crippen LogP contribution < -0.4 is 0 Å². The first-order valence-electron chi connectivity index (χ1n) is 4.54. The highest BCUT2D eigenvalue weighted by atomic mass is 32.2. The zero-order valence-corrected chi connectivity index (χ0v) is 10.4. The van der Waals surface area contributed by atoms with E-state index in [0.717, 1.165) is 24.3 Å². The van der Waals surface area contributed by atoms with E-state index in [0.29, 0.717) is 0 Å². The van der Waals surface area contributed by atoms with Gasteiger partial charge in [0.25, 0.3) is 0 Å². The fraction of sp³-hybridized carbons (Fsp3) is 0.600. The summed E-state index contributed by atoms with van der Waals surface area (Å²) in [7, 11) is -1.39. The fourth-order valence-corrected chi connectivity index (χ4v) is 1.75. The topological polar surface area (TPSA) is 34.1 Å². The monoisotopic (exact) mass is 234 g/mol. The van der Waals surface area contributed by atoms with Gasteiger partial charge >= 0.3 is 0 Å². The highest BCUT2D eigenvalue weighted by Crippen LogP contribution is 1.90. The highest BCUT2D eigenvalue weighted by Gasteiger charge is 1.86. The maximum absolute atomic E-state index is 10.7. The molecule has 0 saturated carbocycles. The summed E-state index contributed by atoms with van der Waals surface area (Å²) in [6.07, 6.45) is 13.0. The quantitative estimate of drug-likeness (QED) is 0.628. The van der Waals surface area contributed by atoms with Gasteiger partial charge in [-0.2, -0.15) is 0 Å². The Hall–Kier alpha value is -0.220. The molecule has 0 bridgehead atoms. The lowest BCUT2D eigenvalue weighted by molar-refractivity contribution is 0.685. The van der Waals surface area contributed by atoms with Crippen molar-refractivity contribution in [2.75, 3.05) is 24.0 Å². The summed E-state index contributed by atoms with van der Waals surface area (Å²) < 4.78 is 21.4. The summed E-state index contributed by atoms with van der Waals surface area (Å²) in [6, 6.07) is 0. The Kier molecular flexibility index (Phi) is 9.19. The molecule has 0 amide bonds. The first-order chi connectivity index (χ1) is 6.63. The number of rotatable bonds is 7. The summed E-state index contributed by atoms with van der Waals surface area (Å²) in [6.45, 7) is 0. The lowest BCUT2D eigenvalue weighted by Gasteiger charge is -1.88. The van der Waals surface area contributed by atoms with Gasteiger partial charge in [-0.3, -0.25) is 8.42 Å². The summed E-state index contributed by atoms with van der Waals surface area (Å²) in [5.41, 5.74) is 0. The van der Waals surface area contributed by atoms with Gasteiger partial charge in [0.1, 0.15) is 0 Å². The Balaban J connectivity index is 3.41. The van der Waals surface area contributed by atoms with E-state index in [1.165, 1.54) is 0 Å². The van der Waals surface area contributed by atoms with Gasteiger partial charge in [0.15, 0.2) is 0 Å². The molecular formula is C10H18O2S2. The van der Waals surface area contributed by atoms with Crippen LogP contribution in [0.2, 0.25) is 0 Å². The van der Waals surface area contributed by atoms with Crippen molar-refractivity contribution >= 4 is 21.6 Å². The Morgan fingerprint density at radius 1 is 0.857 bits per heavy atom. The van der Waals surface area contributed by atoms with E-state index >= 15 is 0 Å². The van der Waals surface area contributed by atoms with Crippen LogP contribution in [0.3, 0.4) is 0 Å². The molecule has 2 atom stereocenters. The summed E-state index contributed by atoms with van der Waals surface area (Å²) in [4.78, 5) is 0. The minimum atomic E-state index is -0.696. The van der Waals surface area contributed by atoms with Crippen molar-refractivity contribution < 1.29 is 8.42 Å². The molecule has 0 aromatic heterocycles. The summed E-state index contributed by atoms with van der Waals surface area (Å²) in [5.74, 6) is 1.45. The van der Waals surface area contributed by atoms with E-state index in [4.69, 9.17) is 0 Å². The van der Waals surface area contributed by atoms with Crippen molar-refractivity contribution in [1.82, 2.24) is 0 Å². The second-order valence-corrected chi connectivity index (χ2v) is 6.10. The lowest BCUT2D eigenvalue weighted by Crippen LogP contribution is -1.91. The van der Waals surface area contributed by atoms with Crippen LogP contribution in [0.5, 0.6) is 0 Å². The van der Waals surface area contributed by atoms with Crippen molar-refractivity contribution in [2.45, 2.75) is 12.8 Å². The SMILES string of the molecule is CS(=O)CCC=CC=CCCS(C)=O. The average Bonchev–Trinajstić information content (AvgIpc) is 2.08. The molecule has 0 aliphatic heterocycles. The highest BCUT2D eigenvalue weighted by molar-refractivity contribution is 7.84.